The van der Waals surface area contributed by atoms with Gasteiger partial charge in [0.25, 0.3) is 11.7 Å². The van der Waals surface area contributed by atoms with Gasteiger partial charge in [-0.15, -0.1) is 0 Å². The third-order valence-electron chi connectivity index (χ3n) is 5.41. The number of nitrogens with one attached hydrogen (secondary N) is 1. The van der Waals surface area contributed by atoms with Crippen LogP contribution in [0.3, 0.4) is 0 Å². The number of aromatic nitrogens is 2. The van der Waals surface area contributed by atoms with E-state index in [2.05, 4.69) is 10.1 Å². The molecule has 3 aromatic rings. The molecule has 10 heteroatoms. The van der Waals surface area contributed by atoms with Crippen LogP contribution in [-0.4, -0.2) is 32.8 Å². The fraction of sp³-hybridized carbons (Fsp3) is 0.182. The van der Waals surface area contributed by atoms with E-state index in [0.29, 0.717) is 22.6 Å². The SMILES string of the molecule is Cc1cc(N2C(=O)C(=O)/C(=C(/O)c3c(C)[nH]c(C(N)=O)c3C)C2c2ccc(F)cc2)no1. The topological polar surface area (TPSA) is 143 Å². The summed E-state index contributed by atoms with van der Waals surface area (Å²) in [6.45, 7) is 4.78. The molecule has 1 atom stereocenters. The van der Waals surface area contributed by atoms with Gasteiger partial charge in [0.2, 0.25) is 0 Å². The Kier molecular flexibility index (Phi) is 4.92. The highest BCUT2D eigenvalue weighted by atomic mass is 19.1. The summed E-state index contributed by atoms with van der Waals surface area (Å²) in [5.41, 5.74) is 6.48. The van der Waals surface area contributed by atoms with Crippen molar-refractivity contribution in [2.24, 2.45) is 5.73 Å². The molecule has 1 saturated heterocycles. The van der Waals surface area contributed by atoms with Crippen LogP contribution in [0.25, 0.3) is 5.76 Å². The minimum Gasteiger partial charge on any atom is -0.507 e. The molecule has 0 radical (unpaired) electrons. The first-order chi connectivity index (χ1) is 15.1. The van der Waals surface area contributed by atoms with Gasteiger partial charge < -0.3 is 20.3 Å². The summed E-state index contributed by atoms with van der Waals surface area (Å²) < 4.78 is 18.6. The molecule has 0 bridgehead atoms. The molecule has 1 aromatic carbocycles. The van der Waals surface area contributed by atoms with Gasteiger partial charge in [-0.25, -0.2) is 4.39 Å². The van der Waals surface area contributed by atoms with E-state index in [9.17, 15) is 23.9 Å². The number of aromatic amines is 1. The van der Waals surface area contributed by atoms with Crippen LogP contribution in [0.1, 0.15) is 44.7 Å². The largest absolute Gasteiger partial charge is 0.507 e. The number of amides is 2. The van der Waals surface area contributed by atoms with Crippen LogP contribution < -0.4 is 10.6 Å². The second-order valence-electron chi connectivity index (χ2n) is 7.51. The molecule has 9 nitrogen and oxygen atoms in total. The van der Waals surface area contributed by atoms with Crippen LogP contribution in [-0.2, 0) is 9.59 Å². The van der Waals surface area contributed by atoms with E-state index in [-0.39, 0.29) is 22.6 Å². The van der Waals surface area contributed by atoms with E-state index in [1.54, 1.807) is 20.8 Å². The van der Waals surface area contributed by atoms with Crippen molar-refractivity contribution in [3.8, 4) is 0 Å². The Morgan fingerprint density at radius 2 is 1.88 bits per heavy atom. The van der Waals surface area contributed by atoms with Crippen LogP contribution in [0, 0.1) is 26.6 Å². The van der Waals surface area contributed by atoms with E-state index >= 15 is 0 Å². The zero-order valence-corrected chi connectivity index (χ0v) is 17.4. The average Bonchev–Trinajstić information content (AvgIpc) is 3.37. The normalized spacial score (nSPS) is 17.9. The molecule has 0 saturated carbocycles. The number of aryl methyl sites for hydroxylation is 2. The molecule has 2 aromatic heterocycles. The highest BCUT2D eigenvalue weighted by molar-refractivity contribution is 6.51. The summed E-state index contributed by atoms with van der Waals surface area (Å²) >= 11 is 0. The van der Waals surface area contributed by atoms with Gasteiger partial charge in [0, 0.05) is 17.3 Å². The van der Waals surface area contributed by atoms with E-state index in [0.717, 1.165) is 4.90 Å². The van der Waals surface area contributed by atoms with Gasteiger partial charge in [0.05, 0.1) is 11.6 Å². The maximum absolute atomic E-state index is 13.6. The van der Waals surface area contributed by atoms with E-state index in [1.165, 1.54) is 30.3 Å². The van der Waals surface area contributed by atoms with Crippen LogP contribution >= 0.6 is 0 Å². The number of Topliss-reactive ketones (excluding diaryl/α,β-unsaturated/α-hetero) is 1. The number of hydrogen-bond donors (Lipinski definition) is 3. The molecule has 1 unspecified atom stereocenters. The van der Waals surface area contributed by atoms with Crippen LogP contribution in [0.5, 0.6) is 0 Å². The summed E-state index contributed by atoms with van der Waals surface area (Å²) in [4.78, 5) is 41.7. The Balaban J connectivity index is 1.99. The Bertz CT molecular complexity index is 1300. The van der Waals surface area contributed by atoms with Crippen LogP contribution in [0.4, 0.5) is 10.2 Å². The number of ketones is 1. The molecule has 1 fully saturated rings. The molecule has 4 rings (SSSR count). The number of anilines is 1. The average molecular weight is 438 g/mol. The third kappa shape index (κ3) is 3.16. The van der Waals surface area contributed by atoms with Gasteiger partial charge in [-0.1, -0.05) is 17.3 Å². The predicted octanol–water partition coefficient (Wildman–Crippen LogP) is 2.79. The molecule has 4 N–H and O–H groups in total. The van der Waals surface area contributed by atoms with Crippen molar-refractivity contribution in [1.29, 1.82) is 0 Å². The first-order valence-corrected chi connectivity index (χ1v) is 9.61. The zero-order chi connectivity index (χ0) is 23.3. The number of H-pyrrole nitrogens is 1. The lowest BCUT2D eigenvalue weighted by Crippen LogP contribution is -2.29. The van der Waals surface area contributed by atoms with Gasteiger partial charge in [0.1, 0.15) is 23.0 Å². The lowest BCUT2D eigenvalue weighted by Gasteiger charge is -2.22. The van der Waals surface area contributed by atoms with Crippen molar-refractivity contribution < 1.29 is 28.4 Å². The molecule has 0 spiro atoms. The zero-order valence-electron chi connectivity index (χ0n) is 17.4. The monoisotopic (exact) mass is 438 g/mol. The van der Waals surface area contributed by atoms with Crippen molar-refractivity contribution in [2.75, 3.05) is 4.90 Å². The molecule has 164 valence electrons. The lowest BCUT2D eigenvalue weighted by atomic mass is 9.94. The van der Waals surface area contributed by atoms with Gasteiger partial charge in [0.15, 0.2) is 5.82 Å². The standard InChI is InChI=1S/C22H19FN4O5/c1-9-8-14(26-32-9)27-18(12-4-6-13(23)7-5-12)16(20(29)22(27)31)19(28)15-10(2)17(21(24)30)25-11(15)3/h4-8,18,25,28H,1-3H3,(H2,24,30)/b19-16+. The van der Waals surface area contributed by atoms with Gasteiger partial charge in [-0.2, -0.15) is 0 Å². The first kappa shape index (κ1) is 21.0. The number of carbonyl (C=O) groups excluding carboxylic acids is 3. The lowest BCUT2D eigenvalue weighted by molar-refractivity contribution is -0.132. The van der Waals surface area contributed by atoms with Crippen molar-refractivity contribution in [2.45, 2.75) is 26.8 Å². The molecule has 0 aliphatic carbocycles. The summed E-state index contributed by atoms with van der Waals surface area (Å²) in [5, 5.41) is 15.0. The van der Waals surface area contributed by atoms with Gasteiger partial charge in [-0.3, -0.25) is 19.3 Å². The highest BCUT2D eigenvalue weighted by Crippen LogP contribution is 2.42. The van der Waals surface area contributed by atoms with Crippen LogP contribution in [0.15, 0.2) is 40.4 Å². The molecule has 3 heterocycles. The number of primary amides is 1. The number of aliphatic hydroxyl groups is 1. The molecule has 1 aliphatic rings. The summed E-state index contributed by atoms with van der Waals surface area (Å²) in [5.74, 6) is -3.15. The van der Waals surface area contributed by atoms with E-state index < -0.39 is 35.2 Å². The summed E-state index contributed by atoms with van der Waals surface area (Å²) in [7, 11) is 0. The van der Waals surface area contributed by atoms with E-state index in [4.69, 9.17) is 10.3 Å². The van der Waals surface area contributed by atoms with Crippen molar-refractivity contribution in [3.63, 3.8) is 0 Å². The fourth-order valence-corrected chi connectivity index (χ4v) is 3.98. The highest BCUT2D eigenvalue weighted by Gasteiger charge is 2.48. The van der Waals surface area contributed by atoms with Gasteiger partial charge in [-0.05, 0) is 44.0 Å². The second-order valence-corrected chi connectivity index (χ2v) is 7.51. The van der Waals surface area contributed by atoms with Crippen molar-refractivity contribution in [1.82, 2.24) is 10.1 Å². The van der Waals surface area contributed by atoms with Gasteiger partial charge >= 0.3 is 5.91 Å². The Hall–Kier alpha value is -4.21. The predicted molar refractivity (Wildman–Crippen MR) is 111 cm³/mol. The maximum Gasteiger partial charge on any atom is 0.301 e. The fourth-order valence-electron chi connectivity index (χ4n) is 3.98. The first-order valence-electron chi connectivity index (χ1n) is 9.61. The number of benzene rings is 1. The molecular formula is C22H19FN4O5. The number of nitrogens with two attached hydrogens (primary N) is 1. The number of rotatable bonds is 4. The van der Waals surface area contributed by atoms with Crippen molar-refractivity contribution >= 4 is 29.2 Å². The number of nitrogens with zero attached hydrogens (tertiary/aromatic N) is 2. The van der Waals surface area contributed by atoms with Crippen LogP contribution in [0.2, 0.25) is 0 Å². The van der Waals surface area contributed by atoms with E-state index in [1.807, 2.05) is 0 Å². The number of halogens is 1. The number of carbonyl (C=O) groups is 3. The minimum absolute atomic E-state index is 0.0679. The smallest absolute Gasteiger partial charge is 0.301 e. The molecular weight excluding hydrogens is 419 g/mol. The molecule has 32 heavy (non-hydrogen) atoms. The Morgan fingerprint density at radius 1 is 1.22 bits per heavy atom. The number of hydrogen-bond acceptors (Lipinski definition) is 6. The van der Waals surface area contributed by atoms with Crippen molar-refractivity contribution in [3.05, 3.63) is 75.6 Å². The summed E-state index contributed by atoms with van der Waals surface area (Å²) in [6, 6.07) is 5.55. The maximum atomic E-state index is 13.6. The molecule has 2 amide bonds. The number of aliphatic hydroxyl groups excluding tert-OH is 1. The quantitative estimate of drug-likeness (QED) is 0.325. The second kappa shape index (κ2) is 7.49. The Morgan fingerprint density at radius 3 is 2.41 bits per heavy atom. The molecule has 1 aliphatic heterocycles. The third-order valence-corrected chi connectivity index (χ3v) is 5.41. The Labute approximate surface area is 181 Å². The summed E-state index contributed by atoms with van der Waals surface area (Å²) in [6.07, 6.45) is 0. The minimum atomic E-state index is -1.11.